The Bertz CT molecular complexity index is 346. The minimum absolute atomic E-state index is 0.331. The van der Waals surface area contributed by atoms with Gasteiger partial charge in [0.15, 0.2) is 0 Å². The Balaban J connectivity index is 2.75. The maximum absolute atomic E-state index is 11.4. The first-order valence-corrected chi connectivity index (χ1v) is 4.34. The number of nitrogens with zero attached hydrogens (tertiary/aromatic N) is 3. The Kier molecular flexibility index (Phi) is 3.59. The van der Waals surface area contributed by atoms with Gasteiger partial charge in [-0.2, -0.15) is 4.99 Å². The van der Waals surface area contributed by atoms with Gasteiger partial charge in [0.05, 0.1) is 11.9 Å². The van der Waals surface area contributed by atoms with Crippen molar-refractivity contribution in [3.8, 4) is 0 Å². The first-order valence-electron chi connectivity index (χ1n) is 3.96. The van der Waals surface area contributed by atoms with E-state index in [0.29, 0.717) is 10.7 Å². The van der Waals surface area contributed by atoms with Gasteiger partial charge in [-0.25, -0.2) is 4.98 Å². The highest BCUT2D eigenvalue weighted by molar-refractivity contribution is 6.29. The van der Waals surface area contributed by atoms with E-state index < -0.39 is 0 Å². The molecule has 1 aromatic rings. The number of rotatable bonds is 2. The van der Waals surface area contributed by atoms with Gasteiger partial charge < -0.3 is 4.90 Å². The van der Waals surface area contributed by atoms with Gasteiger partial charge in [-0.1, -0.05) is 11.6 Å². The lowest BCUT2D eigenvalue weighted by Gasteiger charge is -2.01. The van der Waals surface area contributed by atoms with Gasteiger partial charge in [0.2, 0.25) is 0 Å². The van der Waals surface area contributed by atoms with Crippen molar-refractivity contribution >= 4 is 23.8 Å². The molecule has 0 saturated carbocycles. The fourth-order valence-corrected chi connectivity index (χ4v) is 0.857. The van der Waals surface area contributed by atoms with Crippen LogP contribution in [0.25, 0.3) is 0 Å². The van der Waals surface area contributed by atoms with Gasteiger partial charge in [0.1, 0.15) is 5.15 Å². The van der Waals surface area contributed by atoms with Crippen LogP contribution >= 0.6 is 11.6 Å². The zero-order chi connectivity index (χ0) is 10.6. The number of halogens is 1. The standard InChI is InChI=1S/C9H10ClN3O/c1-13(2)6-12-9(14)7-3-4-8(10)11-5-7/h3-6H,1-2H3. The molecule has 1 aromatic heterocycles. The number of amides is 1. The number of hydrogen-bond donors (Lipinski definition) is 0. The first-order chi connectivity index (χ1) is 6.59. The second-order valence-electron chi connectivity index (χ2n) is 2.88. The smallest absolute Gasteiger partial charge is 0.279 e. The monoisotopic (exact) mass is 211 g/mol. The lowest BCUT2D eigenvalue weighted by molar-refractivity contribution is 0.100. The van der Waals surface area contributed by atoms with E-state index in [9.17, 15) is 4.79 Å². The van der Waals surface area contributed by atoms with Crippen molar-refractivity contribution in [2.75, 3.05) is 14.1 Å². The summed E-state index contributed by atoms with van der Waals surface area (Å²) in [6.07, 6.45) is 2.84. The van der Waals surface area contributed by atoms with Crippen LogP contribution in [-0.4, -0.2) is 36.2 Å². The molecule has 0 aromatic carbocycles. The third kappa shape index (κ3) is 3.14. The molecule has 1 amide bonds. The van der Waals surface area contributed by atoms with Gasteiger partial charge >= 0.3 is 0 Å². The molecule has 1 heterocycles. The van der Waals surface area contributed by atoms with E-state index in [0.717, 1.165) is 0 Å². The minimum atomic E-state index is -0.331. The molecule has 0 fully saturated rings. The lowest BCUT2D eigenvalue weighted by atomic mass is 10.3. The van der Waals surface area contributed by atoms with E-state index in [1.54, 1.807) is 31.1 Å². The fourth-order valence-electron chi connectivity index (χ4n) is 0.745. The molecule has 0 bridgehead atoms. The lowest BCUT2D eigenvalue weighted by Crippen LogP contribution is -2.09. The highest BCUT2D eigenvalue weighted by atomic mass is 35.5. The molecule has 0 spiro atoms. The van der Waals surface area contributed by atoms with Crippen molar-refractivity contribution in [1.29, 1.82) is 0 Å². The van der Waals surface area contributed by atoms with Crippen LogP contribution in [0.3, 0.4) is 0 Å². The summed E-state index contributed by atoms with van der Waals surface area (Å²) in [6, 6.07) is 3.14. The quantitative estimate of drug-likeness (QED) is 0.423. The van der Waals surface area contributed by atoms with E-state index in [1.165, 1.54) is 12.5 Å². The number of aromatic nitrogens is 1. The van der Waals surface area contributed by atoms with Gasteiger partial charge in [-0.05, 0) is 12.1 Å². The molecular weight excluding hydrogens is 202 g/mol. The van der Waals surface area contributed by atoms with Crippen molar-refractivity contribution in [3.63, 3.8) is 0 Å². The number of aliphatic imine (C=N–C) groups is 1. The molecule has 0 atom stereocenters. The Morgan fingerprint density at radius 2 is 2.29 bits per heavy atom. The maximum atomic E-state index is 11.4. The SMILES string of the molecule is CN(C)C=NC(=O)c1ccc(Cl)nc1. The van der Waals surface area contributed by atoms with Gasteiger partial charge in [-0.3, -0.25) is 4.79 Å². The van der Waals surface area contributed by atoms with Crippen molar-refractivity contribution in [2.45, 2.75) is 0 Å². The Morgan fingerprint density at radius 3 is 2.79 bits per heavy atom. The van der Waals surface area contributed by atoms with Gasteiger partial charge in [-0.15, -0.1) is 0 Å². The van der Waals surface area contributed by atoms with E-state index in [4.69, 9.17) is 11.6 Å². The number of pyridine rings is 1. The summed E-state index contributed by atoms with van der Waals surface area (Å²) in [7, 11) is 3.58. The molecule has 0 N–H and O–H groups in total. The second-order valence-corrected chi connectivity index (χ2v) is 3.27. The van der Waals surface area contributed by atoms with Crippen LogP contribution in [0.5, 0.6) is 0 Å². The topological polar surface area (TPSA) is 45.6 Å². The minimum Gasteiger partial charge on any atom is -0.369 e. The fraction of sp³-hybridized carbons (Fsp3) is 0.222. The number of carbonyl (C=O) groups is 1. The molecule has 0 aliphatic carbocycles. The summed E-state index contributed by atoms with van der Waals surface area (Å²) in [5, 5.41) is 0.359. The summed E-state index contributed by atoms with van der Waals surface area (Å²) < 4.78 is 0. The Morgan fingerprint density at radius 1 is 1.57 bits per heavy atom. The third-order valence-electron chi connectivity index (χ3n) is 1.38. The molecule has 0 aliphatic heterocycles. The largest absolute Gasteiger partial charge is 0.369 e. The Hall–Kier alpha value is -1.42. The van der Waals surface area contributed by atoms with Crippen LogP contribution in [0.4, 0.5) is 0 Å². The summed E-state index contributed by atoms with van der Waals surface area (Å²) in [5.41, 5.74) is 0.424. The number of carbonyl (C=O) groups excluding carboxylic acids is 1. The molecule has 0 aliphatic rings. The first kappa shape index (κ1) is 10.7. The number of hydrogen-bond acceptors (Lipinski definition) is 2. The van der Waals surface area contributed by atoms with Crippen LogP contribution < -0.4 is 0 Å². The molecule has 0 radical (unpaired) electrons. The summed E-state index contributed by atoms with van der Waals surface area (Å²) in [4.78, 5) is 20.5. The molecule has 1 rings (SSSR count). The van der Waals surface area contributed by atoms with Crippen molar-refractivity contribution < 1.29 is 4.79 Å². The van der Waals surface area contributed by atoms with Crippen molar-refractivity contribution in [1.82, 2.24) is 9.88 Å². The van der Waals surface area contributed by atoms with Crippen LogP contribution in [0.1, 0.15) is 10.4 Å². The average Bonchev–Trinajstić information content (AvgIpc) is 2.15. The predicted molar refractivity (Wildman–Crippen MR) is 55.8 cm³/mol. The third-order valence-corrected chi connectivity index (χ3v) is 1.60. The van der Waals surface area contributed by atoms with Crippen molar-refractivity contribution in [2.24, 2.45) is 4.99 Å². The molecule has 74 valence electrons. The van der Waals surface area contributed by atoms with Crippen LogP contribution in [0.2, 0.25) is 5.15 Å². The normalized spacial score (nSPS) is 10.5. The average molecular weight is 212 g/mol. The maximum Gasteiger partial charge on any atom is 0.279 e. The molecule has 5 heteroatoms. The van der Waals surface area contributed by atoms with E-state index in [2.05, 4.69) is 9.98 Å². The summed E-state index contributed by atoms with van der Waals surface area (Å²) in [6.45, 7) is 0. The molecule has 0 saturated heterocycles. The summed E-state index contributed by atoms with van der Waals surface area (Å²) >= 11 is 5.57. The zero-order valence-corrected chi connectivity index (χ0v) is 8.69. The van der Waals surface area contributed by atoms with Crippen LogP contribution in [-0.2, 0) is 0 Å². The van der Waals surface area contributed by atoms with Crippen molar-refractivity contribution in [3.05, 3.63) is 29.0 Å². The van der Waals surface area contributed by atoms with E-state index in [-0.39, 0.29) is 5.91 Å². The highest BCUT2D eigenvalue weighted by Gasteiger charge is 2.02. The zero-order valence-electron chi connectivity index (χ0n) is 7.94. The van der Waals surface area contributed by atoms with Crippen LogP contribution in [0, 0.1) is 0 Å². The molecule has 4 nitrogen and oxygen atoms in total. The molecule has 14 heavy (non-hydrogen) atoms. The molecular formula is C9H10ClN3O. The van der Waals surface area contributed by atoms with Crippen LogP contribution in [0.15, 0.2) is 23.3 Å². The van der Waals surface area contributed by atoms with Gasteiger partial charge in [0, 0.05) is 20.3 Å². The summed E-state index contributed by atoms with van der Waals surface area (Å²) in [5.74, 6) is -0.331. The van der Waals surface area contributed by atoms with E-state index >= 15 is 0 Å². The van der Waals surface area contributed by atoms with Gasteiger partial charge in [0.25, 0.3) is 5.91 Å². The van der Waals surface area contributed by atoms with E-state index in [1.807, 2.05) is 0 Å². The predicted octanol–water partition coefficient (Wildman–Crippen LogP) is 1.47. The Labute approximate surface area is 87.2 Å². The second kappa shape index (κ2) is 4.72. The highest BCUT2D eigenvalue weighted by Crippen LogP contribution is 2.05. The molecule has 0 unspecified atom stereocenters.